The fourth-order valence-electron chi connectivity index (χ4n) is 1.77. The summed E-state index contributed by atoms with van der Waals surface area (Å²) < 4.78 is 0. The lowest BCUT2D eigenvalue weighted by Gasteiger charge is -2.10. The number of aromatic carboxylic acids is 1. The number of anilines is 2. The van der Waals surface area contributed by atoms with Crippen LogP contribution in [0.1, 0.15) is 15.9 Å². The molecule has 0 aliphatic heterocycles. The maximum Gasteiger partial charge on any atom is 0.338 e. The number of rotatable bonds is 4. The van der Waals surface area contributed by atoms with E-state index in [1.165, 1.54) is 24.4 Å². The Morgan fingerprint density at radius 1 is 1.40 bits per heavy atom. The average Bonchev–Trinajstić information content (AvgIpc) is 2.38. The van der Waals surface area contributed by atoms with Crippen molar-refractivity contribution in [3.8, 4) is 0 Å². The number of aromatic nitrogens is 1. The number of para-hydroxylation sites is 1. The van der Waals surface area contributed by atoms with Crippen molar-refractivity contribution >= 4 is 23.0 Å². The number of nitrogens with one attached hydrogen (secondary N) is 1. The highest BCUT2D eigenvalue weighted by Gasteiger charge is 2.21. The van der Waals surface area contributed by atoms with Crippen molar-refractivity contribution in [3.05, 3.63) is 57.9 Å². The molecule has 0 spiro atoms. The predicted octanol–water partition coefficient (Wildman–Crippen LogP) is 2.74. The Morgan fingerprint density at radius 3 is 2.75 bits per heavy atom. The summed E-state index contributed by atoms with van der Waals surface area (Å²) in [7, 11) is 0. The first-order valence-corrected chi connectivity index (χ1v) is 5.68. The van der Waals surface area contributed by atoms with Gasteiger partial charge in [-0.25, -0.2) is 4.79 Å². The number of pyridine rings is 1. The quantitative estimate of drug-likeness (QED) is 0.655. The third kappa shape index (κ3) is 2.72. The van der Waals surface area contributed by atoms with Gasteiger partial charge in [-0.1, -0.05) is 6.07 Å². The van der Waals surface area contributed by atoms with Gasteiger partial charge < -0.3 is 10.4 Å². The molecule has 2 aromatic rings. The molecule has 2 rings (SSSR count). The van der Waals surface area contributed by atoms with Crippen LogP contribution in [0.25, 0.3) is 0 Å². The highest BCUT2D eigenvalue weighted by Crippen LogP contribution is 2.31. The van der Waals surface area contributed by atoms with Gasteiger partial charge in [-0.2, -0.15) is 0 Å². The molecule has 0 atom stereocenters. The van der Waals surface area contributed by atoms with Crippen molar-refractivity contribution < 1.29 is 14.8 Å². The maximum absolute atomic E-state index is 11.2. The molecule has 2 N–H and O–H groups in total. The van der Waals surface area contributed by atoms with Crippen molar-refractivity contribution in [3.63, 3.8) is 0 Å². The smallest absolute Gasteiger partial charge is 0.338 e. The number of nitro benzene ring substituents is 1. The lowest BCUT2D eigenvalue weighted by atomic mass is 10.1. The number of nitro groups is 1. The van der Waals surface area contributed by atoms with E-state index in [2.05, 4.69) is 10.3 Å². The zero-order chi connectivity index (χ0) is 14.7. The van der Waals surface area contributed by atoms with E-state index >= 15 is 0 Å². The van der Waals surface area contributed by atoms with Crippen LogP contribution in [0.5, 0.6) is 0 Å². The number of hydrogen-bond acceptors (Lipinski definition) is 5. The standard InChI is InChI=1S/C13H11N3O4/c1-8-5-9(7-14-6-8)15-12-10(13(17)18)3-2-4-11(12)16(19)20/h2-7,15H,1H3,(H,17,18). The fraction of sp³-hybridized carbons (Fsp3) is 0.0769. The molecule has 0 saturated carbocycles. The van der Waals surface area contributed by atoms with Gasteiger partial charge in [0.25, 0.3) is 5.69 Å². The molecule has 0 unspecified atom stereocenters. The van der Waals surface area contributed by atoms with Gasteiger partial charge in [0.2, 0.25) is 0 Å². The van der Waals surface area contributed by atoms with Crippen LogP contribution in [0.15, 0.2) is 36.7 Å². The third-order valence-corrected chi connectivity index (χ3v) is 2.61. The van der Waals surface area contributed by atoms with E-state index < -0.39 is 10.9 Å². The predicted molar refractivity (Wildman–Crippen MR) is 72.3 cm³/mol. The molecule has 0 fully saturated rings. The van der Waals surface area contributed by atoms with E-state index in [4.69, 9.17) is 5.11 Å². The minimum absolute atomic E-state index is 0.0580. The highest BCUT2D eigenvalue weighted by atomic mass is 16.6. The van der Waals surface area contributed by atoms with Crippen LogP contribution < -0.4 is 5.32 Å². The van der Waals surface area contributed by atoms with Gasteiger partial charge in [-0.05, 0) is 24.6 Å². The molecule has 1 aromatic heterocycles. The topological polar surface area (TPSA) is 105 Å². The lowest BCUT2D eigenvalue weighted by Crippen LogP contribution is -2.06. The normalized spacial score (nSPS) is 10.1. The molecular formula is C13H11N3O4. The minimum atomic E-state index is -1.24. The first kappa shape index (κ1) is 13.5. The lowest BCUT2D eigenvalue weighted by molar-refractivity contribution is -0.383. The number of carbonyl (C=O) groups is 1. The second kappa shape index (κ2) is 5.35. The number of aryl methyl sites for hydroxylation is 1. The molecule has 20 heavy (non-hydrogen) atoms. The zero-order valence-electron chi connectivity index (χ0n) is 10.5. The Labute approximate surface area is 114 Å². The van der Waals surface area contributed by atoms with Gasteiger partial charge in [0, 0.05) is 12.3 Å². The van der Waals surface area contributed by atoms with Gasteiger partial charge in [0.05, 0.1) is 22.4 Å². The Kier molecular flexibility index (Phi) is 3.60. The first-order valence-electron chi connectivity index (χ1n) is 5.68. The van der Waals surface area contributed by atoms with Crippen LogP contribution in [-0.4, -0.2) is 21.0 Å². The van der Waals surface area contributed by atoms with Crippen LogP contribution in [-0.2, 0) is 0 Å². The summed E-state index contributed by atoms with van der Waals surface area (Å²) in [5.41, 5.74) is 0.816. The molecule has 7 nitrogen and oxygen atoms in total. The van der Waals surface area contributed by atoms with E-state index in [1.807, 2.05) is 6.92 Å². The van der Waals surface area contributed by atoms with Crippen LogP contribution >= 0.6 is 0 Å². The number of benzene rings is 1. The van der Waals surface area contributed by atoms with Gasteiger partial charge in [-0.3, -0.25) is 15.1 Å². The Hall–Kier alpha value is -2.96. The van der Waals surface area contributed by atoms with Gasteiger partial charge in [-0.15, -0.1) is 0 Å². The molecular weight excluding hydrogens is 262 g/mol. The second-order valence-electron chi connectivity index (χ2n) is 4.14. The van der Waals surface area contributed by atoms with Crippen LogP contribution in [0, 0.1) is 17.0 Å². The number of carboxylic acids is 1. The summed E-state index contributed by atoms with van der Waals surface area (Å²) in [6, 6.07) is 5.61. The molecule has 1 aromatic carbocycles. The molecule has 0 saturated heterocycles. The van der Waals surface area contributed by atoms with Gasteiger partial charge in [0.15, 0.2) is 0 Å². The summed E-state index contributed by atoms with van der Waals surface area (Å²) in [4.78, 5) is 25.5. The van der Waals surface area contributed by atoms with E-state index in [-0.39, 0.29) is 16.9 Å². The Bertz CT molecular complexity index is 653. The van der Waals surface area contributed by atoms with Gasteiger partial charge >= 0.3 is 5.97 Å². The average molecular weight is 273 g/mol. The SMILES string of the molecule is Cc1cncc(Nc2c(C(=O)O)cccc2[N+](=O)[O-])c1. The molecule has 0 aliphatic carbocycles. The fourth-order valence-corrected chi connectivity index (χ4v) is 1.77. The summed E-state index contributed by atoms with van der Waals surface area (Å²) >= 11 is 0. The third-order valence-electron chi connectivity index (χ3n) is 2.61. The van der Waals surface area contributed by atoms with Crippen LogP contribution in [0.3, 0.4) is 0 Å². The van der Waals surface area contributed by atoms with E-state index in [0.717, 1.165) is 5.56 Å². The molecule has 0 radical (unpaired) electrons. The molecule has 0 aliphatic rings. The first-order chi connectivity index (χ1) is 9.49. The van der Waals surface area contributed by atoms with E-state index in [0.29, 0.717) is 5.69 Å². The molecule has 1 heterocycles. The minimum Gasteiger partial charge on any atom is -0.478 e. The van der Waals surface area contributed by atoms with Crippen molar-refractivity contribution in [2.24, 2.45) is 0 Å². The largest absolute Gasteiger partial charge is 0.478 e. The van der Waals surface area contributed by atoms with Crippen LogP contribution in [0.2, 0.25) is 0 Å². The highest BCUT2D eigenvalue weighted by molar-refractivity contribution is 5.98. The number of hydrogen-bond donors (Lipinski definition) is 2. The molecule has 102 valence electrons. The van der Waals surface area contributed by atoms with Crippen molar-refractivity contribution in [2.75, 3.05) is 5.32 Å². The monoisotopic (exact) mass is 273 g/mol. The summed E-state index contributed by atoms with van der Waals surface area (Å²) in [6.07, 6.45) is 3.10. The zero-order valence-corrected chi connectivity index (χ0v) is 10.5. The number of carboxylic acid groups (broad SMARTS) is 1. The van der Waals surface area contributed by atoms with Crippen molar-refractivity contribution in [2.45, 2.75) is 6.92 Å². The second-order valence-corrected chi connectivity index (χ2v) is 4.14. The molecule has 0 bridgehead atoms. The molecule has 0 amide bonds. The summed E-state index contributed by atoms with van der Waals surface area (Å²) in [6.45, 7) is 1.82. The molecule has 7 heteroatoms. The number of nitrogens with zero attached hydrogens (tertiary/aromatic N) is 2. The van der Waals surface area contributed by atoms with Crippen molar-refractivity contribution in [1.29, 1.82) is 0 Å². The Morgan fingerprint density at radius 2 is 2.15 bits per heavy atom. The van der Waals surface area contributed by atoms with Gasteiger partial charge in [0.1, 0.15) is 5.69 Å². The van der Waals surface area contributed by atoms with E-state index in [9.17, 15) is 14.9 Å². The van der Waals surface area contributed by atoms with Crippen LogP contribution in [0.4, 0.5) is 17.1 Å². The Balaban J connectivity index is 2.53. The van der Waals surface area contributed by atoms with Crippen molar-refractivity contribution in [1.82, 2.24) is 4.98 Å². The van der Waals surface area contributed by atoms with E-state index in [1.54, 1.807) is 12.3 Å². The summed E-state index contributed by atoms with van der Waals surface area (Å²) in [5.74, 6) is -1.24. The summed E-state index contributed by atoms with van der Waals surface area (Å²) in [5, 5.41) is 22.9. The maximum atomic E-state index is 11.2.